The monoisotopic (exact) mass is 325 g/mol. The molecule has 0 bridgehead atoms. The van der Waals surface area contributed by atoms with Gasteiger partial charge in [-0.05, 0) is 24.3 Å². The van der Waals surface area contributed by atoms with Gasteiger partial charge in [-0.1, -0.05) is 0 Å². The second-order valence-electron chi connectivity index (χ2n) is 4.80. The Hall–Kier alpha value is -1.90. The van der Waals surface area contributed by atoms with Crippen molar-refractivity contribution in [3.05, 3.63) is 36.2 Å². The standard InChI is InChI=1S/C14H19N3O4S/c1-17(2)22(18,19)15-9-8-12-10-21-14(16-12)11-4-6-13(20-3)7-5-11/h4-7,10,15H,8-9H2,1-3H3. The lowest BCUT2D eigenvalue weighted by molar-refractivity contribution is 0.415. The van der Waals surface area contributed by atoms with E-state index in [9.17, 15) is 8.42 Å². The van der Waals surface area contributed by atoms with Gasteiger partial charge >= 0.3 is 0 Å². The van der Waals surface area contributed by atoms with E-state index < -0.39 is 10.2 Å². The number of methoxy groups -OCH3 is 1. The fourth-order valence-electron chi connectivity index (χ4n) is 1.73. The fourth-order valence-corrected chi connectivity index (χ4v) is 2.34. The number of hydrogen-bond donors (Lipinski definition) is 1. The van der Waals surface area contributed by atoms with Crippen molar-refractivity contribution in [3.63, 3.8) is 0 Å². The summed E-state index contributed by atoms with van der Waals surface area (Å²) in [6.07, 6.45) is 1.98. The largest absolute Gasteiger partial charge is 0.497 e. The summed E-state index contributed by atoms with van der Waals surface area (Å²) >= 11 is 0. The van der Waals surface area contributed by atoms with Gasteiger partial charge in [0.1, 0.15) is 12.0 Å². The second-order valence-corrected chi connectivity index (χ2v) is 6.77. The zero-order valence-corrected chi connectivity index (χ0v) is 13.6. The van der Waals surface area contributed by atoms with E-state index in [2.05, 4.69) is 9.71 Å². The van der Waals surface area contributed by atoms with Gasteiger partial charge in [0.15, 0.2) is 0 Å². The highest BCUT2D eigenvalue weighted by molar-refractivity contribution is 7.87. The molecule has 0 amide bonds. The van der Waals surface area contributed by atoms with Crippen molar-refractivity contribution >= 4 is 10.2 Å². The first-order valence-corrected chi connectivity index (χ1v) is 8.12. The van der Waals surface area contributed by atoms with Crippen LogP contribution in [0, 0.1) is 0 Å². The predicted molar refractivity (Wildman–Crippen MR) is 82.8 cm³/mol. The van der Waals surface area contributed by atoms with Gasteiger partial charge in [0.05, 0.1) is 12.8 Å². The Bertz CT molecular complexity index is 708. The van der Waals surface area contributed by atoms with Crippen molar-refractivity contribution in [1.82, 2.24) is 14.0 Å². The molecule has 0 fully saturated rings. The van der Waals surface area contributed by atoms with Gasteiger partial charge in [0.2, 0.25) is 5.89 Å². The Morgan fingerprint density at radius 2 is 1.95 bits per heavy atom. The SMILES string of the molecule is COc1ccc(-c2nc(CCNS(=O)(=O)N(C)C)co2)cc1. The minimum absolute atomic E-state index is 0.259. The van der Waals surface area contributed by atoms with E-state index >= 15 is 0 Å². The van der Waals surface area contributed by atoms with Crippen LogP contribution < -0.4 is 9.46 Å². The number of nitrogens with one attached hydrogen (secondary N) is 1. The first kappa shape index (κ1) is 16.5. The highest BCUT2D eigenvalue weighted by Crippen LogP contribution is 2.21. The van der Waals surface area contributed by atoms with Gasteiger partial charge in [-0.15, -0.1) is 0 Å². The van der Waals surface area contributed by atoms with E-state index in [1.54, 1.807) is 7.11 Å². The molecule has 1 aromatic carbocycles. The Labute approximate surface area is 130 Å². The fraction of sp³-hybridized carbons (Fsp3) is 0.357. The van der Waals surface area contributed by atoms with E-state index in [1.165, 1.54) is 20.4 Å². The Kier molecular flexibility index (Phi) is 5.17. The average Bonchev–Trinajstić information content (AvgIpc) is 2.96. The number of oxazole rings is 1. The Morgan fingerprint density at radius 1 is 1.27 bits per heavy atom. The van der Waals surface area contributed by atoms with Gasteiger partial charge in [0.25, 0.3) is 10.2 Å². The average molecular weight is 325 g/mol. The van der Waals surface area contributed by atoms with Crippen molar-refractivity contribution in [2.75, 3.05) is 27.7 Å². The molecule has 0 aliphatic rings. The van der Waals surface area contributed by atoms with Crippen LogP contribution in [-0.4, -0.2) is 45.5 Å². The topological polar surface area (TPSA) is 84.7 Å². The Balaban J connectivity index is 1.96. The molecule has 2 rings (SSSR count). The van der Waals surface area contributed by atoms with Crippen LogP contribution in [0.2, 0.25) is 0 Å². The molecule has 0 aliphatic carbocycles. The lowest BCUT2D eigenvalue weighted by Crippen LogP contribution is -2.36. The first-order valence-electron chi connectivity index (χ1n) is 6.68. The van der Waals surface area contributed by atoms with Crippen LogP contribution in [-0.2, 0) is 16.6 Å². The first-order chi connectivity index (χ1) is 10.4. The summed E-state index contributed by atoms with van der Waals surface area (Å²) in [5.41, 5.74) is 1.52. The van der Waals surface area contributed by atoms with Gasteiger partial charge in [-0.3, -0.25) is 0 Å². The molecule has 1 heterocycles. The van der Waals surface area contributed by atoms with Crippen molar-refractivity contribution in [2.45, 2.75) is 6.42 Å². The molecular weight excluding hydrogens is 306 g/mol. The summed E-state index contributed by atoms with van der Waals surface area (Å²) in [5, 5.41) is 0. The van der Waals surface area contributed by atoms with Crippen molar-refractivity contribution in [2.24, 2.45) is 0 Å². The molecule has 0 saturated heterocycles. The number of benzene rings is 1. The van der Waals surface area contributed by atoms with Gasteiger partial charge in [-0.25, -0.2) is 9.71 Å². The smallest absolute Gasteiger partial charge is 0.278 e. The summed E-state index contributed by atoms with van der Waals surface area (Å²) < 4.78 is 37.2. The molecule has 22 heavy (non-hydrogen) atoms. The minimum Gasteiger partial charge on any atom is -0.497 e. The van der Waals surface area contributed by atoms with Crippen molar-refractivity contribution < 1.29 is 17.6 Å². The van der Waals surface area contributed by atoms with Crippen LogP contribution in [0.4, 0.5) is 0 Å². The molecule has 0 atom stereocenters. The van der Waals surface area contributed by atoms with Gasteiger partial charge < -0.3 is 9.15 Å². The predicted octanol–water partition coefficient (Wildman–Crippen LogP) is 1.29. The normalized spacial score (nSPS) is 11.8. The molecule has 0 spiro atoms. The molecule has 8 heteroatoms. The third-order valence-corrected chi connectivity index (χ3v) is 4.57. The van der Waals surface area contributed by atoms with Crippen LogP contribution in [0.25, 0.3) is 11.5 Å². The second kappa shape index (κ2) is 6.91. The maximum Gasteiger partial charge on any atom is 0.278 e. The summed E-state index contributed by atoms with van der Waals surface area (Å²) in [6.45, 7) is 0.259. The van der Waals surface area contributed by atoms with Crippen LogP contribution in [0.1, 0.15) is 5.69 Å². The van der Waals surface area contributed by atoms with Crippen LogP contribution >= 0.6 is 0 Å². The maximum absolute atomic E-state index is 11.6. The van der Waals surface area contributed by atoms with E-state index in [0.717, 1.165) is 15.6 Å². The lowest BCUT2D eigenvalue weighted by atomic mass is 10.2. The van der Waals surface area contributed by atoms with E-state index in [1.807, 2.05) is 24.3 Å². The molecule has 0 unspecified atom stereocenters. The van der Waals surface area contributed by atoms with Crippen LogP contribution in [0.15, 0.2) is 34.9 Å². The molecular formula is C14H19N3O4S. The Morgan fingerprint density at radius 3 is 2.55 bits per heavy atom. The number of aromatic nitrogens is 1. The zero-order valence-electron chi connectivity index (χ0n) is 12.7. The van der Waals surface area contributed by atoms with E-state index in [0.29, 0.717) is 18.0 Å². The zero-order chi connectivity index (χ0) is 16.2. The highest BCUT2D eigenvalue weighted by Gasteiger charge is 2.13. The number of ether oxygens (including phenoxy) is 1. The van der Waals surface area contributed by atoms with Gasteiger partial charge in [-0.2, -0.15) is 12.7 Å². The van der Waals surface area contributed by atoms with E-state index in [4.69, 9.17) is 9.15 Å². The summed E-state index contributed by atoms with van der Waals surface area (Å²) in [5.74, 6) is 1.25. The lowest BCUT2D eigenvalue weighted by Gasteiger charge is -2.11. The molecule has 2 aromatic rings. The molecule has 0 radical (unpaired) electrons. The molecule has 1 N–H and O–H groups in total. The molecule has 0 aliphatic heterocycles. The van der Waals surface area contributed by atoms with Crippen molar-refractivity contribution in [1.29, 1.82) is 0 Å². The van der Waals surface area contributed by atoms with Crippen LogP contribution in [0.3, 0.4) is 0 Å². The van der Waals surface area contributed by atoms with Crippen LogP contribution in [0.5, 0.6) is 5.75 Å². The van der Waals surface area contributed by atoms with E-state index in [-0.39, 0.29) is 6.54 Å². The summed E-state index contributed by atoms with van der Waals surface area (Å²) in [6, 6.07) is 7.35. The number of rotatable bonds is 7. The number of nitrogens with zero attached hydrogens (tertiary/aromatic N) is 2. The summed E-state index contributed by atoms with van der Waals surface area (Å²) in [7, 11) is 1.14. The summed E-state index contributed by atoms with van der Waals surface area (Å²) in [4.78, 5) is 4.34. The molecule has 1 aromatic heterocycles. The van der Waals surface area contributed by atoms with Gasteiger partial charge in [0, 0.05) is 32.6 Å². The molecule has 0 saturated carbocycles. The number of hydrogen-bond acceptors (Lipinski definition) is 5. The third kappa shape index (κ3) is 4.06. The molecule has 120 valence electrons. The third-order valence-electron chi connectivity index (χ3n) is 3.04. The minimum atomic E-state index is -3.41. The molecule has 7 nitrogen and oxygen atoms in total. The highest BCUT2D eigenvalue weighted by atomic mass is 32.2. The quantitative estimate of drug-likeness (QED) is 0.829. The maximum atomic E-state index is 11.6. The van der Waals surface area contributed by atoms with Crippen molar-refractivity contribution in [3.8, 4) is 17.2 Å².